The van der Waals surface area contributed by atoms with E-state index in [-0.39, 0.29) is 42.1 Å². The zero-order chi connectivity index (χ0) is 32.1. The van der Waals surface area contributed by atoms with E-state index in [0.29, 0.717) is 29.9 Å². The van der Waals surface area contributed by atoms with Gasteiger partial charge in [0.2, 0.25) is 11.8 Å². The Hall–Kier alpha value is -3.60. The van der Waals surface area contributed by atoms with E-state index in [1.807, 2.05) is 6.92 Å². The number of rotatable bonds is 12. The molecule has 0 spiro atoms. The monoisotopic (exact) mass is 622 g/mol. The number of hydrogen-bond acceptors (Lipinski definition) is 6. The molecule has 3 heterocycles. The summed E-state index contributed by atoms with van der Waals surface area (Å²) in [7, 11) is 2.12. The predicted octanol–water partition coefficient (Wildman–Crippen LogP) is 4.24. The van der Waals surface area contributed by atoms with Crippen LogP contribution in [0.15, 0.2) is 30.5 Å². The number of ketones is 1. The van der Waals surface area contributed by atoms with Gasteiger partial charge in [-0.05, 0) is 88.6 Å². The molecule has 2 aromatic rings. The van der Waals surface area contributed by atoms with Crippen LogP contribution in [0.5, 0.6) is 0 Å². The molecule has 5 rings (SSSR count). The van der Waals surface area contributed by atoms with Crippen LogP contribution in [0.1, 0.15) is 94.1 Å². The largest absolute Gasteiger partial charge is 0.346 e. The number of hydrogen-bond donors (Lipinski definition) is 3. The maximum absolute atomic E-state index is 15.5. The summed E-state index contributed by atoms with van der Waals surface area (Å²) in [6, 6.07) is 5.32. The molecule has 11 heteroatoms. The zero-order valence-corrected chi connectivity index (χ0v) is 26.7. The Morgan fingerprint density at radius 2 is 1.69 bits per heavy atom. The minimum atomic E-state index is -0.826. The van der Waals surface area contributed by atoms with Gasteiger partial charge in [-0.15, -0.1) is 0 Å². The van der Waals surface area contributed by atoms with Crippen molar-refractivity contribution in [3.8, 4) is 0 Å². The first-order valence-electron chi connectivity index (χ1n) is 16.6. The average Bonchev–Trinajstić information content (AvgIpc) is 3.59. The molecule has 2 bridgehead atoms. The third-order valence-electron chi connectivity index (χ3n) is 10.2. The highest BCUT2D eigenvalue weighted by atomic mass is 19.1. The van der Waals surface area contributed by atoms with Gasteiger partial charge in [-0.1, -0.05) is 32.3 Å². The maximum Gasteiger partial charge on any atom is 0.270 e. The van der Waals surface area contributed by atoms with Crippen molar-refractivity contribution in [2.45, 2.75) is 115 Å². The summed E-state index contributed by atoms with van der Waals surface area (Å²) in [6.07, 6.45) is 10.3. The number of fused-ring (bicyclic) bond motifs is 2. The summed E-state index contributed by atoms with van der Waals surface area (Å²) in [5.41, 5.74) is 0.930. The van der Waals surface area contributed by atoms with Gasteiger partial charge in [-0.25, -0.2) is 4.39 Å². The molecular weight excluding hydrogens is 575 g/mol. The van der Waals surface area contributed by atoms with Gasteiger partial charge in [0, 0.05) is 37.2 Å². The number of benzene rings is 1. The molecule has 1 aliphatic carbocycles. The van der Waals surface area contributed by atoms with Crippen LogP contribution in [0.25, 0.3) is 0 Å². The first-order chi connectivity index (χ1) is 21.7. The third-order valence-corrected chi connectivity index (χ3v) is 10.2. The van der Waals surface area contributed by atoms with Crippen LogP contribution in [0.4, 0.5) is 10.1 Å². The number of Topliss-reactive ketones (excluding diaryl/α,β-unsaturated/α-hetero) is 1. The lowest BCUT2D eigenvalue weighted by atomic mass is 9.83. The number of carbonyl (C=O) groups excluding carboxylic acids is 4. The van der Waals surface area contributed by atoms with E-state index < -0.39 is 29.7 Å². The van der Waals surface area contributed by atoms with Gasteiger partial charge in [0.25, 0.3) is 5.91 Å². The highest BCUT2D eigenvalue weighted by molar-refractivity contribution is 6.00. The average molecular weight is 623 g/mol. The molecule has 10 nitrogen and oxygen atoms in total. The predicted molar refractivity (Wildman–Crippen MR) is 169 cm³/mol. The van der Waals surface area contributed by atoms with E-state index in [4.69, 9.17) is 0 Å². The maximum atomic E-state index is 15.5. The SMILES string of the molecule is CCC(=O)NC(Cc1ccc(NC(=O)[C@@H](NC(=O)c2ccnn2CC)C2CCCCC2)c(F)c1)C(=O)C1CC2CCC(C1)N2C. The van der Waals surface area contributed by atoms with Crippen molar-refractivity contribution in [3.05, 3.63) is 47.5 Å². The first-order valence-corrected chi connectivity index (χ1v) is 16.6. The van der Waals surface area contributed by atoms with Gasteiger partial charge in [0.15, 0.2) is 5.78 Å². The quantitative estimate of drug-likeness (QED) is 0.325. The first kappa shape index (κ1) is 32.8. The molecule has 244 valence electrons. The van der Waals surface area contributed by atoms with E-state index in [1.54, 1.807) is 29.9 Å². The molecule has 45 heavy (non-hydrogen) atoms. The number of aromatic nitrogens is 2. The highest BCUT2D eigenvalue weighted by Crippen LogP contribution is 2.38. The Balaban J connectivity index is 1.28. The van der Waals surface area contributed by atoms with Crippen LogP contribution in [0, 0.1) is 17.7 Å². The lowest BCUT2D eigenvalue weighted by Gasteiger charge is -2.37. The van der Waals surface area contributed by atoms with E-state index >= 15 is 4.39 Å². The van der Waals surface area contributed by atoms with E-state index in [2.05, 4.69) is 33.0 Å². The van der Waals surface area contributed by atoms with Gasteiger partial charge in [0.05, 0.1) is 11.7 Å². The normalized spacial score (nSPS) is 23.2. The van der Waals surface area contributed by atoms with Crippen molar-refractivity contribution in [3.63, 3.8) is 0 Å². The molecule has 4 atom stereocenters. The van der Waals surface area contributed by atoms with Crippen LogP contribution in [-0.4, -0.2) is 69.4 Å². The molecule has 2 saturated heterocycles. The molecule has 3 unspecified atom stereocenters. The second-order valence-electron chi connectivity index (χ2n) is 13.0. The topological polar surface area (TPSA) is 125 Å². The molecule has 0 radical (unpaired) electrons. The van der Waals surface area contributed by atoms with Gasteiger partial charge >= 0.3 is 0 Å². The minimum Gasteiger partial charge on any atom is -0.346 e. The van der Waals surface area contributed by atoms with Crippen LogP contribution in [-0.2, 0) is 27.3 Å². The Morgan fingerprint density at radius 3 is 2.33 bits per heavy atom. The Morgan fingerprint density at radius 1 is 0.978 bits per heavy atom. The van der Waals surface area contributed by atoms with Gasteiger partial charge in [-0.2, -0.15) is 5.10 Å². The van der Waals surface area contributed by atoms with E-state index in [1.165, 1.54) is 12.1 Å². The Labute approximate surface area is 264 Å². The van der Waals surface area contributed by atoms with Crippen molar-refractivity contribution in [2.24, 2.45) is 11.8 Å². The van der Waals surface area contributed by atoms with Crippen LogP contribution >= 0.6 is 0 Å². The van der Waals surface area contributed by atoms with Gasteiger partial charge < -0.3 is 20.9 Å². The molecule has 3 N–H and O–H groups in total. The Bertz CT molecular complexity index is 1370. The fourth-order valence-electron chi connectivity index (χ4n) is 7.54. The lowest BCUT2D eigenvalue weighted by molar-refractivity contribution is -0.131. The lowest BCUT2D eigenvalue weighted by Crippen LogP contribution is -2.49. The second kappa shape index (κ2) is 14.7. The number of anilines is 1. The molecular formula is C34H47FN6O4. The summed E-state index contributed by atoms with van der Waals surface area (Å²) in [5, 5.41) is 12.7. The molecule has 1 saturated carbocycles. The van der Waals surface area contributed by atoms with Gasteiger partial charge in [-0.3, -0.25) is 23.9 Å². The van der Waals surface area contributed by atoms with Crippen LogP contribution in [0.3, 0.4) is 0 Å². The minimum absolute atomic E-state index is 0.00442. The molecule has 1 aromatic carbocycles. The fraction of sp³-hybridized carbons (Fsp3) is 0.618. The number of amides is 3. The fourth-order valence-corrected chi connectivity index (χ4v) is 7.54. The summed E-state index contributed by atoms with van der Waals surface area (Å²) >= 11 is 0. The van der Waals surface area contributed by atoms with E-state index in [9.17, 15) is 19.2 Å². The standard InChI is InChI=1S/C34H47FN6O4/c1-4-30(42)37-28(32(43)23-19-24-12-13-25(20-23)40(24)3)18-21-11-14-27(26(35)17-21)38-34(45)31(22-9-7-6-8-10-22)39-33(44)29-15-16-36-41(29)5-2/h11,14-17,22-25,28,31H,4-10,12-13,18-20H2,1-3H3,(H,37,42)(H,38,45)(H,39,44)/t23?,24?,25?,28?,31-/m0/s1. The summed E-state index contributed by atoms with van der Waals surface area (Å²) in [5.74, 6) is -1.90. The van der Waals surface area contributed by atoms with Crippen molar-refractivity contribution in [1.29, 1.82) is 0 Å². The number of piperidine rings is 1. The second-order valence-corrected chi connectivity index (χ2v) is 13.0. The van der Waals surface area contributed by atoms with Crippen LogP contribution < -0.4 is 16.0 Å². The molecule has 3 aliphatic rings. The molecule has 3 fully saturated rings. The van der Waals surface area contributed by atoms with E-state index in [0.717, 1.165) is 57.8 Å². The number of aryl methyl sites for hydroxylation is 1. The smallest absolute Gasteiger partial charge is 0.270 e. The summed E-state index contributed by atoms with van der Waals surface area (Å²) in [6.45, 7) is 4.14. The summed E-state index contributed by atoms with van der Waals surface area (Å²) < 4.78 is 17.1. The number of nitrogens with zero attached hydrogens (tertiary/aromatic N) is 3. The van der Waals surface area contributed by atoms with Crippen molar-refractivity contribution in [1.82, 2.24) is 25.3 Å². The zero-order valence-electron chi connectivity index (χ0n) is 26.7. The number of nitrogens with one attached hydrogen (secondary N) is 3. The van der Waals surface area contributed by atoms with Crippen molar-refractivity contribution >= 4 is 29.2 Å². The highest BCUT2D eigenvalue weighted by Gasteiger charge is 2.42. The Kier molecular flexibility index (Phi) is 10.7. The number of halogens is 1. The van der Waals surface area contributed by atoms with Crippen molar-refractivity contribution in [2.75, 3.05) is 12.4 Å². The van der Waals surface area contributed by atoms with Crippen molar-refractivity contribution < 1.29 is 23.6 Å². The molecule has 2 aliphatic heterocycles. The molecule has 3 amide bonds. The molecule has 1 aromatic heterocycles. The third kappa shape index (κ3) is 7.62. The summed E-state index contributed by atoms with van der Waals surface area (Å²) in [4.78, 5) is 55.2. The number of carbonyl (C=O) groups is 4. The van der Waals surface area contributed by atoms with Gasteiger partial charge in [0.1, 0.15) is 17.6 Å². The van der Waals surface area contributed by atoms with Crippen LogP contribution in [0.2, 0.25) is 0 Å².